The van der Waals surface area contributed by atoms with Crippen molar-refractivity contribution >= 4 is 11.6 Å². The molecule has 2 heteroatoms. The van der Waals surface area contributed by atoms with Crippen molar-refractivity contribution in [1.29, 1.82) is 0 Å². The normalized spacial score (nSPS) is 12.5. The molecule has 0 fully saturated rings. The standard InChI is InChI=1S/C15H15ClO/c1-10-4-3-5-12(8-10)15(17)13-7-6-11(2)9-14(13)16/h3-9,15,17H,1-2H3. The second kappa shape index (κ2) is 4.91. The summed E-state index contributed by atoms with van der Waals surface area (Å²) in [5, 5.41) is 10.9. The number of rotatable bonds is 2. The summed E-state index contributed by atoms with van der Waals surface area (Å²) in [6.07, 6.45) is -0.664. The average Bonchev–Trinajstić information content (AvgIpc) is 2.28. The van der Waals surface area contributed by atoms with E-state index in [1.165, 1.54) is 0 Å². The van der Waals surface area contributed by atoms with Crippen LogP contribution in [0.1, 0.15) is 28.4 Å². The molecule has 1 atom stereocenters. The zero-order valence-electron chi connectivity index (χ0n) is 9.94. The van der Waals surface area contributed by atoms with E-state index in [1.807, 2.05) is 56.3 Å². The van der Waals surface area contributed by atoms with E-state index in [2.05, 4.69) is 0 Å². The molecule has 2 rings (SSSR count). The predicted octanol–water partition coefficient (Wildman–Crippen LogP) is 4.04. The van der Waals surface area contributed by atoms with Gasteiger partial charge in [-0.2, -0.15) is 0 Å². The van der Waals surface area contributed by atoms with Crippen molar-refractivity contribution in [3.63, 3.8) is 0 Å². The van der Waals surface area contributed by atoms with E-state index in [0.717, 1.165) is 22.3 Å². The minimum absolute atomic E-state index is 0.610. The minimum Gasteiger partial charge on any atom is -0.384 e. The Labute approximate surface area is 107 Å². The Morgan fingerprint density at radius 1 is 1.00 bits per heavy atom. The highest BCUT2D eigenvalue weighted by atomic mass is 35.5. The SMILES string of the molecule is Cc1cccc(C(O)c2ccc(C)cc2Cl)c1. The number of aliphatic hydroxyl groups is 1. The van der Waals surface area contributed by atoms with E-state index in [4.69, 9.17) is 11.6 Å². The van der Waals surface area contributed by atoms with Gasteiger partial charge in [0.2, 0.25) is 0 Å². The Hall–Kier alpha value is -1.31. The maximum atomic E-state index is 10.3. The number of hydrogen-bond acceptors (Lipinski definition) is 1. The van der Waals surface area contributed by atoms with Gasteiger partial charge in [-0.15, -0.1) is 0 Å². The summed E-state index contributed by atoms with van der Waals surface area (Å²) in [5.74, 6) is 0. The molecule has 0 aliphatic rings. The predicted molar refractivity (Wildman–Crippen MR) is 71.4 cm³/mol. The van der Waals surface area contributed by atoms with E-state index in [1.54, 1.807) is 0 Å². The summed E-state index contributed by atoms with van der Waals surface area (Å²) < 4.78 is 0. The van der Waals surface area contributed by atoms with Gasteiger partial charge in [0.25, 0.3) is 0 Å². The molecule has 0 radical (unpaired) electrons. The molecule has 0 saturated heterocycles. The summed E-state index contributed by atoms with van der Waals surface area (Å²) in [6, 6.07) is 13.5. The Bertz CT molecular complexity index is 534. The van der Waals surface area contributed by atoms with Crippen molar-refractivity contribution < 1.29 is 5.11 Å². The Balaban J connectivity index is 2.40. The summed E-state index contributed by atoms with van der Waals surface area (Å²) in [4.78, 5) is 0. The first kappa shape index (κ1) is 12.2. The molecule has 0 amide bonds. The summed E-state index contributed by atoms with van der Waals surface area (Å²) >= 11 is 6.15. The molecule has 0 spiro atoms. The van der Waals surface area contributed by atoms with Crippen LogP contribution in [0.2, 0.25) is 5.02 Å². The first-order chi connectivity index (χ1) is 8.08. The van der Waals surface area contributed by atoms with Crippen molar-refractivity contribution in [3.05, 3.63) is 69.7 Å². The van der Waals surface area contributed by atoms with Crippen molar-refractivity contribution in [2.75, 3.05) is 0 Å². The van der Waals surface area contributed by atoms with Crippen molar-refractivity contribution in [3.8, 4) is 0 Å². The molecule has 1 nitrogen and oxygen atoms in total. The molecule has 0 aromatic heterocycles. The van der Waals surface area contributed by atoms with E-state index < -0.39 is 6.10 Å². The Morgan fingerprint density at radius 2 is 1.71 bits per heavy atom. The maximum absolute atomic E-state index is 10.3. The van der Waals surface area contributed by atoms with Gasteiger partial charge in [0.1, 0.15) is 6.10 Å². The maximum Gasteiger partial charge on any atom is 0.105 e. The van der Waals surface area contributed by atoms with Crippen LogP contribution in [0.4, 0.5) is 0 Å². The van der Waals surface area contributed by atoms with Crippen LogP contribution in [0.25, 0.3) is 0 Å². The van der Waals surface area contributed by atoms with Crippen LogP contribution in [-0.4, -0.2) is 5.11 Å². The Kier molecular flexibility index (Phi) is 3.51. The smallest absolute Gasteiger partial charge is 0.105 e. The number of benzene rings is 2. The molecule has 1 unspecified atom stereocenters. The second-order valence-corrected chi connectivity index (χ2v) is 4.75. The van der Waals surface area contributed by atoms with Crippen LogP contribution >= 0.6 is 11.6 Å². The van der Waals surface area contributed by atoms with E-state index >= 15 is 0 Å². The zero-order chi connectivity index (χ0) is 12.4. The molecule has 2 aromatic carbocycles. The monoisotopic (exact) mass is 246 g/mol. The molecule has 17 heavy (non-hydrogen) atoms. The average molecular weight is 247 g/mol. The van der Waals surface area contributed by atoms with E-state index in [-0.39, 0.29) is 0 Å². The first-order valence-corrected chi connectivity index (χ1v) is 5.96. The molecule has 0 saturated carbocycles. The van der Waals surface area contributed by atoms with Crippen LogP contribution in [0, 0.1) is 13.8 Å². The van der Waals surface area contributed by atoms with Crippen molar-refractivity contribution in [2.45, 2.75) is 20.0 Å². The number of halogens is 1. The number of aryl methyl sites for hydroxylation is 2. The molecule has 0 heterocycles. The van der Waals surface area contributed by atoms with Crippen LogP contribution in [0.5, 0.6) is 0 Å². The highest BCUT2D eigenvalue weighted by Crippen LogP contribution is 2.29. The van der Waals surface area contributed by atoms with Crippen molar-refractivity contribution in [2.24, 2.45) is 0 Å². The van der Waals surface area contributed by atoms with Crippen LogP contribution in [0.3, 0.4) is 0 Å². The minimum atomic E-state index is -0.664. The summed E-state index contributed by atoms with van der Waals surface area (Å²) in [6.45, 7) is 3.99. The molecular formula is C15H15ClO. The number of aliphatic hydroxyl groups excluding tert-OH is 1. The van der Waals surface area contributed by atoms with Crippen LogP contribution in [0.15, 0.2) is 42.5 Å². The van der Waals surface area contributed by atoms with Gasteiger partial charge in [-0.05, 0) is 31.0 Å². The highest BCUT2D eigenvalue weighted by molar-refractivity contribution is 6.31. The highest BCUT2D eigenvalue weighted by Gasteiger charge is 2.13. The van der Waals surface area contributed by atoms with Crippen molar-refractivity contribution in [1.82, 2.24) is 0 Å². The zero-order valence-corrected chi connectivity index (χ0v) is 10.7. The largest absolute Gasteiger partial charge is 0.384 e. The van der Waals surface area contributed by atoms with Gasteiger partial charge in [0, 0.05) is 10.6 Å². The van der Waals surface area contributed by atoms with Gasteiger partial charge in [0.15, 0.2) is 0 Å². The fourth-order valence-corrected chi connectivity index (χ4v) is 2.21. The molecule has 0 bridgehead atoms. The quantitative estimate of drug-likeness (QED) is 0.848. The topological polar surface area (TPSA) is 20.2 Å². The third-order valence-electron chi connectivity index (χ3n) is 2.81. The van der Waals surface area contributed by atoms with Crippen LogP contribution < -0.4 is 0 Å². The molecule has 0 aliphatic carbocycles. The second-order valence-electron chi connectivity index (χ2n) is 4.34. The third-order valence-corrected chi connectivity index (χ3v) is 3.14. The van der Waals surface area contributed by atoms with Crippen LogP contribution in [-0.2, 0) is 0 Å². The van der Waals surface area contributed by atoms with E-state index in [0.29, 0.717) is 5.02 Å². The fourth-order valence-electron chi connectivity index (χ4n) is 1.87. The molecule has 2 aromatic rings. The van der Waals surface area contributed by atoms with Gasteiger partial charge in [-0.25, -0.2) is 0 Å². The lowest BCUT2D eigenvalue weighted by atomic mass is 9.99. The van der Waals surface area contributed by atoms with Gasteiger partial charge in [0.05, 0.1) is 0 Å². The first-order valence-electron chi connectivity index (χ1n) is 5.58. The van der Waals surface area contributed by atoms with E-state index in [9.17, 15) is 5.11 Å². The van der Waals surface area contributed by atoms with Gasteiger partial charge >= 0.3 is 0 Å². The molecule has 0 aliphatic heterocycles. The summed E-state index contributed by atoms with van der Waals surface area (Å²) in [5.41, 5.74) is 3.85. The third kappa shape index (κ3) is 2.68. The summed E-state index contributed by atoms with van der Waals surface area (Å²) in [7, 11) is 0. The number of hydrogen-bond donors (Lipinski definition) is 1. The van der Waals surface area contributed by atoms with Gasteiger partial charge in [-0.1, -0.05) is 53.6 Å². The lowest BCUT2D eigenvalue weighted by molar-refractivity contribution is 0.220. The fraction of sp³-hybridized carbons (Fsp3) is 0.200. The lowest BCUT2D eigenvalue weighted by Crippen LogP contribution is -2.01. The Morgan fingerprint density at radius 3 is 2.35 bits per heavy atom. The molecule has 1 N–H and O–H groups in total. The van der Waals surface area contributed by atoms with Gasteiger partial charge in [-0.3, -0.25) is 0 Å². The lowest BCUT2D eigenvalue weighted by Gasteiger charge is -2.14. The van der Waals surface area contributed by atoms with Gasteiger partial charge < -0.3 is 5.11 Å². The molecular weight excluding hydrogens is 232 g/mol. The molecule has 88 valence electrons.